The van der Waals surface area contributed by atoms with Crippen molar-refractivity contribution >= 4 is 23.8 Å². The maximum Gasteiger partial charge on any atom is 0.412 e. The summed E-state index contributed by atoms with van der Waals surface area (Å²) in [7, 11) is 0. The number of amides is 1. The molecule has 1 aliphatic heterocycles. The Bertz CT molecular complexity index is 493. The van der Waals surface area contributed by atoms with Gasteiger partial charge in [-0.1, -0.05) is 24.3 Å². The second-order valence-electron chi connectivity index (χ2n) is 3.34. The number of nitrogens with zero attached hydrogens (tertiary/aromatic N) is 1. The minimum absolute atomic E-state index is 0.00394. The molecular formula is C11H9NO4. The van der Waals surface area contributed by atoms with Gasteiger partial charge >= 0.3 is 12.1 Å². The quantitative estimate of drug-likeness (QED) is 0.756. The molecule has 1 aromatic carbocycles. The first-order valence-electron chi connectivity index (χ1n) is 4.64. The van der Waals surface area contributed by atoms with Gasteiger partial charge in [0.15, 0.2) is 0 Å². The monoisotopic (exact) mass is 219 g/mol. The van der Waals surface area contributed by atoms with Gasteiger partial charge in [0.1, 0.15) is 0 Å². The van der Waals surface area contributed by atoms with Crippen molar-refractivity contribution in [3.8, 4) is 0 Å². The van der Waals surface area contributed by atoms with Crippen LogP contribution in [0.4, 0.5) is 10.5 Å². The summed E-state index contributed by atoms with van der Waals surface area (Å²) in [6.07, 6.45) is 2.25. The van der Waals surface area contributed by atoms with Crippen LogP contribution >= 0.6 is 0 Å². The zero-order valence-electron chi connectivity index (χ0n) is 8.25. The number of fused-ring (bicyclic) bond motifs is 1. The highest BCUT2D eigenvalue weighted by molar-refractivity contribution is 6.03. The zero-order valence-corrected chi connectivity index (χ0v) is 8.25. The van der Waals surface area contributed by atoms with Crippen molar-refractivity contribution < 1.29 is 19.8 Å². The molecule has 0 atom stereocenters. The number of aromatic carboxylic acids is 1. The van der Waals surface area contributed by atoms with E-state index >= 15 is 0 Å². The van der Waals surface area contributed by atoms with Gasteiger partial charge in [-0.2, -0.15) is 0 Å². The third-order valence-electron chi connectivity index (χ3n) is 2.38. The third-order valence-corrected chi connectivity index (χ3v) is 2.38. The number of carboxylic acid groups (broad SMARTS) is 2. The van der Waals surface area contributed by atoms with Gasteiger partial charge in [-0.05, 0) is 11.6 Å². The maximum absolute atomic E-state index is 11.0. The highest BCUT2D eigenvalue weighted by Gasteiger charge is 2.24. The van der Waals surface area contributed by atoms with Crippen LogP contribution in [0.2, 0.25) is 0 Å². The van der Waals surface area contributed by atoms with Gasteiger partial charge < -0.3 is 10.2 Å². The molecule has 1 aromatic rings. The molecule has 0 saturated carbocycles. The van der Waals surface area contributed by atoms with Crippen molar-refractivity contribution in [2.45, 2.75) is 0 Å². The summed E-state index contributed by atoms with van der Waals surface area (Å²) >= 11 is 0. The lowest BCUT2D eigenvalue weighted by atomic mass is 10.0. The smallest absolute Gasteiger partial charge is 0.412 e. The summed E-state index contributed by atoms with van der Waals surface area (Å²) in [6, 6.07) is 4.68. The normalized spacial score (nSPS) is 13.4. The predicted molar refractivity (Wildman–Crippen MR) is 57.8 cm³/mol. The van der Waals surface area contributed by atoms with Crippen molar-refractivity contribution in [2.24, 2.45) is 0 Å². The second kappa shape index (κ2) is 3.69. The molecule has 0 aliphatic carbocycles. The van der Waals surface area contributed by atoms with E-state index in [1.54, 1.807) is 24.3 Å². The van der Waals surface area contributed by atoms with Crippen molar-refractivity contribution in [3.05, 3.63) is 35.4 Å². The van der Waals surface area contributed by atoms with Crippen molar-refractivity contribution in [1.29, 1.82) is 0 Å². The Morgan fingerprint density at radius 1 is 1.25 bits per heavy atom. The molecule has 1 amide bonds. The Morgan fingerprint density at radius 3 is 2.62 bits per heavy atom. The molecule has 2 N–H and O–H groups in total. The SMILES string of the molecule is O=C(O)c1cccc2c1N(C(=O)O)CC=C2. The Hall–Kier alpha value is -2.30. The molecule has 1 heterocycles. The maximum atomic E-state index is 11.0. The number of anilines is 1. The molecule has 0 radical (unpaired) electrons. The van der Waals surface area contributed by atoms with Gasteiger partial charge in [0.2, 0.25) is 0 Å². The van der Waals surface area contributed by atoms with Gasteiger partial charge in [0.05, 0.1) is 11.3 Å². The molecule has 2 rings (SSSR count). The highest BCUT2D eigenvalue weighted by Crippen LogP contribution is 2.30. The molecule has 16 heavy (non-hydrogen) atoms. The molecule has 0 saturated heterocycles. The van der Waals surface area contributed by atoms with Gasteiger partial charge in [-0.3, -0.25) is 4.90 Å². The molecule has 5 heteroatoms. The number of para-hydroxylation sites is 1. The summed E-state index contributed by atoms with van der Waals surface area (Å²) in [4.78, 5) is 23.0. The van der Waals surface area contributed by atoms with E-state index in [0.717, 1.165) is 4.90 Å². The lowest BCUT2D eigenvalue weighted by Crippen LogP contribution is -2.33. The van der Waals surface area contributed by atoms with E-state index in [9.17, 15) is 9.59 Å². The summed E-state index contributed by atoms with van der Waals surface area (Å²) in [5.74, 6) is -1.13. The summed E-state index contributed by atoms with van der Waals surface area (Å²) in [5, 5.41) is 18.0. The van der Waals surface area contributed by atoms with E-state index in [1.165, 1.54) is 6.07 Å². The van der Waals surface area contributed by atoms with Crippen LogP contribution < -0.4 is 4.90 Å². The Labute approximate surface area is 91.2 Å². The van der Waals surface area contributed by atoms with Crippen molar-refractivity contribution in [2.75, 3.05) is 11.4 Å². The fraction of sp³-hybridized carbons (Fsp3) is 0.0909. The van der Waals surface area contributed by atoms with E-state index in [0.29, 0.717) is 5.56 Å². The van der Waals surface area contributed by atoms with Gasteiger partial charge in [-0.15, -0.1) is 0 Å². The fourth-order valence-electron chi connectivity index (χ4n) is 1.72. The number of carbonyl (C=O) groups is 2. The van der Waals surface area contributed by atoms with Crippen LogP contribution in [0.1, 0.15) is 15.9 Å². The molecule has 0 fully saturated rings. The van der Waals surface area contributed by atoms with Crippen LogP contribution in [0.25, 0.3) is 6.08 Å². The molecule has 0 aromatic heterocycles. The summed E-state index contributed by atoms with van der Waals surface area (Å²) in [5.41, 5.74) is 0.850. The molecule has 0 spiro atoms. The largest absolute Gasteiger partial charge is 0.478 e. The first-order valence-corrected chi connectivity index (χ1v) is 4.64. The summed E-state index contributed by atoms with van der Waals surface area (Å²) < 4.78 is 0. The Morgan fingerprint density at radius 2 is 2.00 bits per heavy atom. The predicted octanol–water partition coefficient (Wildman–Crippen LogP) is 1.90. The Balaban J connectivity index is 2.65. The van der Waals surface area contributed by atoms with E-state index in [1.807, 2.05) is 0 Å². The van der Waals surface area contributed by atoms with Crippen LogP contribution in [-0.2, 0) is 0 Å². The van der Waals surface area contributed by atoms with Crippen molar-refractivity contribution in [3.63, 3.8) is 0 Å². The fourth-order valence-corrected chi connectivity index (χ4v) is 1.72. The molecule has 82 valence electrons. The molecule has 0 bridgehead atoms. The van der Waals surface area contributed by atoms with Gasteiger partial charge in [0, 0.05) is 6.54 Å². The average molecular weight is 219 g/mol. The van der Waals surface area contributed by atoms with Gasteiger partial charge in [0.25, 0.3) is 0 Å². The first kappa shape index (κ1) is 10.2. The van der Waals surface area contributed by atoms with E-state index in [4.69, 9.17) is 10.2 Å². The van der Waals surface area contributed by atoms with Crippen LogP contribution in [0.3, 0.4) is 0 Å². The highest BCUT2D eigenvalue weighted by atomic mass is 16.4. The van der Waals surface area contributed by atoms with Crippen LogP contribution in [-0.4, -0.2) is 28.8 Å². The number of rotatable bonds is 1. The van der Waals surface area contributed by atoms with E-state index < -0.39 is 12.1 Å². The van der Waals surface area contributed by atoms with Crippen LogP contribution in [0.5, 0.6) is 0 Å². The minimum Gasteiger partial charge on any atom is -0.478 e. The van der Waals surface area contributed by atoms with E-state index in [-0.39, 0.29) is 17.8 Å². The van der Waals surface area contributed by atoms with E-state index in [2.05, 4.69) is 0 Å². The number of hydrogen-bond acceptors (Lipinski definition) is 2. The van der Waals surface area contributed by atoms with Crippen LogP contribution in [0, 0.1) is 0 Å². The third kappa shape index (κ3) is 1.52. The first-order chi connectivity index (χ1) is 7.61. The Kier molecular flexibility index (Phi) is 2.36. The molecule has 0 unspecified atom stereocenters. The lowest BCUT2D eigenvalue weighted by Gasteiger charge is -2.24. The number of carboxylic acids is 1. The summed E-state index contributed by atoms with van der Waals surface area (Å²) in [6.45, 7) is 0.173. The van der Waals surface area contributed by atoms with Crippen molar-refractivity contribution in [1.82, 2.24) is 0 Å². The minimum atomic E-state index is -1.15. The number of benzene rings is 1. The van der Waals surface area contributed by atoms with Gasteiger partial charge in [-0.25, -0.2) is 9.59 Å². The molecular weight excluding hydrogens is 210 g/mol. The average Bonchev–Trinajstić information content (AvgIpc) is 2.27. The standard InChI is InChI=1S/C11H9NO4/c13-10(14)8-5-1-3-7-4-2-6-12(9(7)8)11(15)16/h1-5H,6H2,(H,13,14)(H,15,16). The molecule has 5 nitrogen and oxygen atoms in total. The number of hydrogen-bond donors (Lipinski definition) is 2. The topological polar surface area (TPSA) is 77.8 Å². The second-order valence-corrected chi connectivity index (χ2v) is 3.34. The molecule has 1 aliphatic rings. The lowest BCUT2D eigenvalue weighted by molar-refractivity contribution is 0.0697. The van der Waals surface area contributed by atoms with Crippen LogP contribution in [0.15, 0.2) is 24.3 Å². The zero-order chi connectivity index (χ0) is 11.7.